The number of pyridine rings is 1. The number of benzene rings is 2. The molecule has 0 bridgehead atoms. The fourth-order valence-corrected chi connectivity index (χ4v) is 4.40. The van der Waals surface area contributed by atoms with Crippen LogP contribution in [-0.4, -0.2) is 41.5 Å². The zero-order chi connectivity index (χ0) is 23.4. The van der Waals surface area contributed by atoms with Crippen molar-refractivity contribution in [3.05, 3.63) is 93.9 Å². The van der Waals surface area contributed by atoms with Crippen molar-refractivity contribution in [2.75, 3.05) is 24.5 Å². The van der Waals surface area contributed by atoms with Crippen LogP contribution < -0.4 is 10.2 Å². The van der Waals surface area contributed by atoms with E-state index in [1.807, 2.05) is 31.2 Å². The van der Waals surface area contributed by atoms with Crippen LogP contribution in [0.1, 0.15) is 34.0 Å². The topological polar surface area (TPSA) is 48.5 Å². The summed E-state index contributed by atoms with van der Waals surface area (Å²) in [6, 6.07) is 16.3. The Morgan fingerprint density at radius 2 is 1.94 bits per heavy atom. The maximum Gasteiger partial charge on any atom is 0.251 e. The van der Waals surface area contributed by atoms with Gasteiger partial charge in [0, 0.05) is 61.1 Å². The van der Waals surface area contributed by atoms with Gasteiger partial charge in [-0.1, -0.05) is 35.9 Å². The van der Waals surface area contributed by atoms with Gasteiger partial charge in [-0.25, -0.2) is 9.37 Å². The molecule has 3 aromatic rings. The van der Waals surface area contributed by atoms with Gasteiger partial charge in [0.15, 0.2) is 0 Å². The van der Waals surface area contributed by atoms with Crippen LogP contribution in [-0.2, 0) is 13.1 Å². The molecule has 4 rings (SSSR count). The number of aromatic nitrogens is 1. The standard InChI is InChI=1S/C26H28ClFN4O/c1-18-16-32(14-13-31(18)17-20-8-10-22(28)11-9-20)25-21(5-4-12-29-25)15-30-26(33)23-6-3-7-24(27)19(23)2/h3-12,18H,13-17H2,1-2H3,(H,30,33). The lowest BCUT2D eigenvalue weighted by Gasteiger charge is -2.41. The smallest absolute Gasteiger partial charge is 0.251 e. The lowest BCUT2D eigenvalue weighted by molar-refractivity contribution is 0.0950. The Hall–Kier alpha value is -2.96. The van der Waals surface area contributed by atoms with E-state index >= 15 is 0 Å². The van der Waals surface area contributed by atoms with Crippen molar-refractivity contribution in [1.82, 2.24) is 15.2 Å². The summed E-state index contributed by atoms with van der Waals surface area (Å²) in [5.74, 6) is 0.535. The number of nitrogens with one attached hydrogen (secondary N) is 1. The maximum atomic E-state index is 13.2. The highest BCUT2D eigenvalue weighted by molar-refractivity contribution is 6.31. The number of nitrogens with zero attached hydrogens (tertiary/aromatic N) is 3. The molecule has 2 aromatic carbocycles. The molecule has 0 spiro atoms. The maximum absolute atomic E-state index is 13.2. The normalized spacial score (nSPS) is 16.6. The second-order valence-electron chi connectivity index (χ2n) is 8.47. The second-order valence-corrected chi connectivity index (χ2v) is 8.88. The van der Waals surface area contributed by atoms with Crippen LogP contribution in [0.2, 0.25) is 5.02 Å². The Kier molecular flexibility index (Phi) is 7.26. The first-order valence-corrected chi connectivity index (χ1v) is 11.5. The predicted molar refractivity (Wildman–Crippen MR) is 130 cm³/mol. The first kappa shape index (κ1) is 23.2. The number of anilines is 1. The fraction of sp³-hybridized carbons (Fsp3) is 0.308. The number of halogens is 2. The van der Waals surface area contributed by atoms with E-state index in [2.05, 4.69) is 27.0 Å². The Bertz CT molecular complexity index is 1120. The fourth-order valence-electron chi connectivity index (χ4n) is 4.22. The predicted octanol–water partition coefficient (Wildman–Crippen LogP) is 4.82. The Balaban J connectivity index is 1.40. The van der Waals surface area contributed by atoms with Crippen molar-refractivity contribution < 1.29 is 9.18 Å². The number of piperazine rings is 1. The lowest BCUT2D eigenvalue weighted by Crippen LogP contribution is -2.52. The molecule has 0 radical (unpaired) electrons. The third-order valence-corrected chi connectivity index (χ3v) is 6.59. The van der Waals surface area contributed by atoms with Crippen LogP contribution in [0.5, 0.6) is 0 Å². The van der Waals surface area contributed by atoms with E-state index in [9.17, 15) is 9.18 Å². The Morgan fingerprint density at radius 1 is 1.15 bits per heavy atom. The average molecular weight is 467 g/mol. The third-order valence-electron chi connectivity index (χ3n) is 6.18. The molecule has 1 aromatic heterocycles. The first-order chi connectivity index (χ1) is 15.9. The van der Waals surface area contributed by atoms with Gasteiger partial charge in [-0.15, -0.1) is 0 Å². The summed E-state index contributed by atoms with van der Waals surface area (Å²) < 4.78 is 13.2. The number of rotatable bonds is 6. The monoisotopic (exact) mass is 466 g/mol. The molecule has 0 aliphatic carbocycles. The molecular formula is C26H28ClFN4O. The Labute approximate surface area is 199 Å². The van der Waals surface area contributed by atoms with E-state index in [4.69, 9.17) is 11.6 Å². The van der Waals surface area contributed by atoms with Crippen LogP contribution >= 0.6 is 11.6 Å². The minimum absolute atomic E-state index is 0.151. The van der Waals surface area contributed by atoms with Crippen molar-refractivity contribution in [3.8, 4) is 0 Å². The van der Waals surface area contributed by atoms with Crippen molar-refractivity contribution in [2.45, 2.75) is 33.0 Å². The van der Waals surface area contributed by atoms with Crippen LogP contribution in [0, 0.1) is 12.7 Å². The molecule has 7 heteroatoms. The van der Waals surface area contributed by atoms with Crippen LogP contribution in [0.4, 0.5) is 10.2 Å². The summed E-state index contributed by atoms with van der Waals surface area (Å²) in [5, 5.41) is 3.60. The molecule has 1 N–H and O–H groups in total. The largest absolute Gasteiger partial charge is 0.353 e. The summed E-state index contributed by atoms with van der Waals surface area (Å²) in [6.45, 7) is 7.76. The van der Waals surface area contributed by atoms with E-state index in [0.29, 0.717) is 23.2 Å². The molecule has 1 aliphatic heterocycles. The zero-order valence-corrected chi connectivity index (χ0v) is 19.6. The van der Waals surface area contributed by atoms with Crippen molar-refractivity contribution in [3.63, 3.8) is 0 Å². The van der Waals surface area contributed by atoms with Gasteiger partial charge in [0.25, 0.3) is 5.91 Å². The van der Waals surface area contributed by atoms with Crippen molar-refractivity contribution in [2.24, 2.45) is 0 Å². The number of carbonyl (C=O) groups excluding carboxylic acids is 1. The van der Waals surface area contributed by atoms with E-state index in [1.54, 1.807) is 24.4 Å². The number of hydrogen-bond donors (Lipinski definition) is 1. The summed E-state index contributed by atoms with van der Waals surface area (Å²) in [7, 11) is 0. The van der Waals surface area contributed by atoms with E-state index < -0.39 is 0 Å². The lowest BCUT2D eigenvalue weighted by atomic mass is 10.1. The molecule has 1 aliphatic rings. The molecule has 33 heavy (non-hydrogen) atoms. The third kappa shape index (κ3) is 5.52. The molecular weight excluding hydrogens is 439 g/mol. The summed E-state index contributed by atoms with van der Waals surface area (Å²) in [4.78, 5) is 22.0. The summed E-state index contributed by atoms with van der Waals surface area (Å²) in [6.07, 6.45) is 1.79. The van der Waals surface area contributed by atoms with Crippen LogP contribution in [0.3, 0.4) is 0 Å². The van der Waals surface area contributed by atoms with Gasteiger partial charge >= 0.3 is 0 Å². The molecule has 1 fully saturated rings. The molecule has 2 heterocycles. The first-order valence-electron chi connectivity index (χ1n) is 11.1. The van der Waals surface area contributed by atoms with Gasteiger partial charge in [0.05, 0.1) is 0 Å². The minimum Gasteiger partial charge on any atom is -0.353 e. The highest BCUT2D eigenvalue weighted by atomic mass is 35.5. The molecule has 1 atom stereocenters. The van der Waals surface area contributed by atoms with Gasteiger partial charge in [0.2, 0.25) is 0 Å². The van der Waals surface area contributed by atoms with Gasteiger partial charge in [-0.05, 0) is 55.3 Å². The quantitative estimate of drug-likeness (QED) is 0.565. The number of amides is 1. The van der Waals surface area contributed by atoms with Crippen molar-refractivity contribution >= 4 is 23.3 Å². The molecule has 1 amide bonds. The highest BCUT2D eigenvalue weighted by Gasteiger charge is 2.26. The Morgan fingerprint density at radius 3 is 2.70 bits per heavy atom. The van der Waals surface area contributed by atoms with Gasteiger partial charge in [-0.2, -0.15) is 0 Å². The van der Waals surface area contributed by atoms with Crippen LogP contribution in [0.25, 0.3) is 0 Å². The van der Waals surface area contributed by atoms with Gasteiger partial charge < -0.3 is 10.2 Å². The summed E-state index contributed by atoms with van der Waals surface area (Å²) in [5.41, 5.74) is 3.43. The minimum atomic E-state index is -0.211. The van der Waals surface area contributed by atoms with E-state index in [1.165, 1.54) is 12.1 Å². The van der Waals surface area contributed by atoms with E-state index in [0.717, 1.165) is 48.7 Å². The molecule has 1 saturated heterocycles. The van der Waals surface area contributed by atoms with Gasteiger partial charge in [0.1, 0.15) is 11.6 Å². The van der Waals surface area contributed by atoms with Gasteiger partial charge in [-0.3, -0.25) is 9.69 Å². The number of carbonyl (C=O) groups is 1. The zero-order valence-electron chi connectivity index (χ0n) is 18.9. The van der Waals surface area contributed by atoms with Crippen LogP contribution in [0.15, 0.2) is 60.8 Å². The summed E-state index contributed by atoms with van der Waals surface area (Å²) >= 11 is 6.17. The second kappa shape index (κ2) is 10.3. The molecule has 1 unspecified atom stereocenters. The molecule has 0 saturated carbocycles. The number of hydrogen-bond acceptors (Lipinski definition) is 4. The van der Waals surface area contributed by atoms with E-state index in [-0.39, 0.29) is 11.7 Å². The molecule has 5 nitrogen and oxygen atoms in total. The highest BCUT2D eigenvalue weighted by Crippen LogP contribution is 2.23. The average Bonchev–Trinajstić information content (AvgIpc) is 2.82. The molecule has 172 valence electrons. The van der Waals surface area contributed by atoms with Crippen molar-refractivity contribution in [1.29, 1.82) is 0 Å². The SMILES string of the molecule is Cc1c(Cl)cccc1C(=O)NCc1cccnc1N1CCN(Cc2ccc(F)cc2)C(C)C1.